The number of methoxy groups -OCH3 is 1. The molecule has 2 nitrogen and oxygen atoms in total. The van der Waals surface area contributed by atoms with Crippen LogP contribution < -0.4 is 0 Å². The highest BCUT2D eigenvalue weighted by molar-refractivity contribution is 5.98. The number of esters is 1. The molecular weight excluding hydrogens is 243 g/mol. The van der Waals surface area contributed by atoms with Gasteiger partial charge < -0.3 is 4.74 Å². The predicted molar refractivity (Wildman–Crippen MR) is 70.8 cm³/mol. The molecule has 1 aromatic rings. The topological polar surface area (TPSA) is 26.3 Å². The summed E-state index contributed by atoms with van der Waals surface area (Å²) in [5.74, 6) is 0.525. The van der Waals surface area contributed by atoms with Crippen molar-refractivity contribution in [3.8, 4) is 0 Å². The van der Waals surface area contributed by atoms with E-state index in [9.17, 15) is 9.18 Å². The minimum absolute atomic E-state index is 0.218. The number of carbonyl (C=O) groups is 1. The first kappa shape index (κ1) is 12.4. The van der Waals surface area contributed by atoms with E-state index in [-0.39, 0.29) is 11.8 Å². The van der Waals surface area contributed by atoms with E-state index in [0.717, 1.165) is 36.0 Å². The van der Waals surface area contributed by atoms with Crippen molar-refractivity contribution < 1.29 is 13.9 Å². The monoisotopic (exact) mass is 260 g/mol. The molecule has 0 heterocycles. The van der Waals surface area contributed by atoms with Crippen LogP contribution >= 0.6 is 0 Å². The lowest BCUT2D eigenvalue weighted by Gasteiger charge is -2.25. The van der Waals surface area contributed by atoms with Gasteiger partial charge in [-0.15, -0.1) is 0 Å². The van der Waals surface area contributed by atoms with Gasteiger partial charge in [0.1, 0.15) is 5.82 Å². The zero-order valence-electron chi connectivity index (χ0n) is 11.0. The summed E-state index contributed by atoms with van der Waals surface area (Å²) in [4.78, 5) is 12.1. The van der Waals surface area contributed by atoms with Crippen molar-refractivity contribution >= 4 is 11.5 Å². The smallest absolute Gasteiger partial charge is 0.334 e. The maximum atomic E-state index is 13.0. The summed E-state index contributed by atoms with van der Waals surface area (Å²) >= 11 is 0. The molecule has 2 aliphatic rings. The largest absolute Gasteiger partial charge is 0.466 e. The Morgan fingerprint density at radius 2 is 2.00 bits per heavy atom. The molecule has 3 heteroatoms. The predicted octanol–water partition coefficient (Wildman–Crippen LogP) is 3.57. The number of rotatable bonds is 2. The first-order valence-electron chi connectivity index (χ1n) is 6.76. The number of fused-ring (bicyclic) bond motifs is 2. The second-order valence-electron chi connectivity index (χ2n) is 5.47. The molecule has 0 unspecified atom stereocenters. The molecule has 3 rings (SSSR count). The van der Waals surface area contributed by atoms with Crippen LogP contribution in [0, 0.1) is 17.7 Å². The third-order valence-corrected chi connectivity index (χ3v) is 4.37. The molecule has 0 spiro atoms. The fourth-order valence-electron chi connectivity index (χ4n) is 3.49. The Morgan fingerprint density at radius 3 is 2.68 bits per heavy atom. The Balaban J connectivity index is 2.07. The Morgan fingerprint density at radius 1 is 1.26 bits per heavy atom. The fourth-order valence-corrected chi connectivity index (χ4v) is 3.49. The summed E-state index contributed by atoms with van der Waals surface area (Å²) in [6.45, 7) is 0. The van der Waals surface area contributed by atoms with Crippen molar-refractivity contribution in [2.24, 2.45) is 11.8 Å². The molecule has 1 fully saturated rings. The number of hydrogen-bond donors (Lipinski definition) is 0. The highest BCUT2D eigenvalue weighted by Crippen LogP contribution is 2.48. The van der Waals surface area contributed by atoms with Crippen molar-refractivity contribution in [1.29, 1.82) is 0 Å². The van der Waals surface area contributed by atoms with Crippen LogP contribution in [0.1, 0.15) is 31.2 Å². The van der Waals surface area contributed by atoms with Gasteiger partial charge in [0.2, 0.25) is 0 Å². The molecule has 0 aliphatic heterocycles. The molecule has 1 saturated carbocycles. The Bertz CT molecular complexity index is 530. The molecule has 0 amide bonds. The maximum absolute atomic E-state index is 13.0. The van der Waals surface area contributed by atoms with E-state index in [2.05, 4.69) is 0 Å². The van der Waals surface area contributed by atoms with E-state index in [1.165, 1.54) is 25.7 Å². The quantitative estimate of drug-likeness (QED) is 0.760. The summed E-state index contributed by atoms with van der Waals surface area (Å²) in [5.41, 5.74) is 2.84. The summed E-state index contributed by atoms with van der Waals surface area (Å²) in [6.07, 6.45) is 4.25. The Hall–Kier alpha value is -1.64. The van der Waals surface area contributed by atoms with Gasteiger partial charge in [0, 0.05) is 5.57 Å². The second kappa shape index (κ2) is 4.80. The lowest BCUT2D eigenvalue weighted by atomic mass is 9.80. The maximum Gasteiger partial charge on any atom is 0.334 e. The van der Waals surface area contributed by atoms with Crippen LogP contribution in [0.3, 0.4) is 0 Å². The van der Waals surface area contributed by atoms with Crippen LogP contribution in [0.25, 0.3) is 5.57 Å². The number of benzene rings is 1. The molecule has 2 aliphatic carbocycles. The van der Waals surface area contributed by atoms with Crippen LogP contribution in [-0.2, 0) is 9.53 Å². The molecule has 2 bridgehead atoms. The molecule has 0 radical (unpaired) electrons. The van der Waals surface area contributed by atoms with Gasteiger partial charge in [0.25, 0.3) is 0 Å². The van der Waals surface area contributed by atoms with Crippen LogP contribution in [0.2, 0.25) is 0 Å². The highest BCUT2D eigenvalue weighted by Gasteiger charge is 2.38. The van der Waals surface area contributed by atoms with Gasteiger partial charge in [0.15, 0.2) is 0 Å². The van der Waals surface area contributed by atoms with Gasteiger partial charge >= 0.3 is 5.97 Å². The first-order valence-corrected chi connectivity index (χ1v) is 6.76. The normalized spacial score (nSPS) is 25.6. The first-order chi connectivity index (χ1) is 9.19. The average molecular weight is 260 g/mol. The van der Waals surface area contributed by atoms with E-state index >= 15 is 0 Å². The lowest BCUT2D eigenvalue weighted by molar-refractivity contribution is -0.136. The van der Waals surface area contributed by atoms with E-state index < -0.39 is 0 Å². The van der Waals surface area contributed by atoms with Crippen molar-refractivity contribution in [3.63, 3.8) is 0 Å². The van der Waals surface area contributed by atoms with Crippen LogP contribution in [0.15, 0.2) is 29.8 Å². The van der Waals surface area contributed by atoms with Crippen LogP contribution in [0.5, 0.6) is 0 Å². The standard InChI is InChI=1S/C16H17FO2/c1-19-16(18)15-12-3-2-10(8-12)9-14(15)11-4-6-13(17)7-5-11/h4-7,10,12H,2-3,8-9H2,1H3/t10-,12+/m1/s1. The average Bonchev–Trinajstić information content (AvgIpc) is 2.80. The molecule has 0 aromatic heterocycles. The Kier molecular flexibility index (Phi) is 3.13. The van der Waals surface area contributed by atoms with Crippen molar-refractivity contribution in [3.05, 3.63) is 41.2 Å². The molecule has 0 N–H and O–H groups in total. The highest BCUT2D eigenvalue weighted by atomic mass is 19.1. The van der Waals surface area contributed by atoms with Gasteiger partial charge in [-0.05, 0) is 60.8 Å². The number of allylic oxidation sites excluding steroid dienone is 1. The van der Waals surface area contributed by atoms with Crippen molar-refractivity contribution in [1.82, 2.24) is 0 Å². The van der Waals surface area contributed by atoms with Gasteiger partial charge in [-0.25, -0.2) is 9.18 Å². The summed E-state index contributed by atoms with van der Waals surface area (Å²) < 4.78 is 18.0. The second-order valence-corrected chi connectivity index (χ2v) is 5.47. The zero-order valence-corrected chi connectivity index (χ0v) is 11.0. The summed E-state index contributed by atoms with van der Waals surface area (Å²) in [7, 11) is 1.43. The van der Waals surface area contributed by atoms with Crippen LogP contribution in [-0.4, -0.2) is 13.1 Å². The Labute approximate surface area is 112 Å². The van der Waals surface area contributed by atoms with E-state index in [4.69, 9.17) is 4.74 Å². The van der Waals surface area contributed by atoms with Gasteiger partial charge in [0.05, 0.1) is 7.11 Å². The molecule has 100 valence electrons. The SMILES string of the molecule is COC(=O)C1=C(c2ccc(F)cc2)C[C@@H]2CC[C@H]1C2. The lowest BCUT2D eigenvalue weighted by Crippen LogP contribution is -2.19. The summed E-state index contributed by atoms with van der Waals surface area (Å²) in [6, 6.07) is 6.43. The van der Waals surface area contributed by atoms with Crippen molar-refractivity contribution in [2.45, 2.75) is 25.7 Å². The number of halogens is 1. The van der Waals surface area contributed by atoms with Gasteiger partial charge in [-0.2, -0.15) is 0 Å². The van der Waals surface area contributed by atoms with E-state index in [1.807, 2.05) is 0 Å². The minimum Gasteiger partial charge on any atom is -0.466 e. The minimum atomic E-state index is -0.247. The molecule has 19 heavy (non-hydrogen) atoms. The third-order valence-electron chi connectivity index (χ3n) is 4.37. The van der Waals surface area contributed by atoms with Gasteiger partial charge in [-0.3, -0.25) is 0 Å². The summed E-state index contributed by atoms with van der Waals surface area (Å²) in [5, 5.41) is 0. The van der Waals surface area contributed by atoms with E-state index in [1.54, 1.807) is 12.1 Å². The molecular formula is C16H17FO2. The van der Waals surface area contributed by atoms with Crippen molar-refractivity contribution in [2.75, 3.05) is 7.11 Å². The van der Waals surface area contributed by atoms with E-state index in [0.29, 0.717) is 11.8 Å². The number of carbonyl (C=O) groups excluding carboxylic acids is 1. The zero-order chi connectivity index (χ0) is 13.4. The molecule has 0 saturated heterocycles. The number of hydrogen-bond acceptors (Lipinski definition) is 2. The molecule has 2 atom stereocenters. The van der Waals surface area contributed by atoms with Gasteiger partial charge in [-0.1, -0.05) is 12.1 Å². The van der Waals surface area contributed by atoms with Crippen LogP contribution in [0.4, 0.5) is 4.39 Å². The number of ether oxygens (including phenoxy) is 1. The third kappa shape index (κ3) is 2.18. The fraction of sp³-hybridized carbons (Fsp3) is 0.438. The molecule has 1 aromatic carbocycles.